The molecule has 1 aromatic rings. The number of morpholine rings is 1. The van der Waals surface area contributed by atoms with Gasteiger partial charge in [-0.25, -0.2) is 0 Å². The minimum Gasteiger partial charge on any atom is -0.379 e. The van der Waals surface area contributed by atoms with Crippen molar-refractivity contribution in [1.29, 1.82) is 5.26 Å². The van der Waals surface area contributed by atoms with Crippen LogP contribution in [0.4, 0.5) is 0 Å². The Bertz CT molecular complexity index is 509. The van der Waals surface area contributed by atoms with E-state index in [1.807, 2.05) is 0 Å². The van der Waals surface area contributed by atoms with Gasteiger partial charge in [-0.2, -0.15) is 10.4 Å². The van der Waals surface area contributed by atoms with Gasteiger partial charge in [0, 0.05) is 25.4 Å². The van der Waals surface area contributed by atoms with Crippen LogP contribution in [0.15, 0.2) is 5.03 Å². The summed E-state index contributed by atoms with van der Waals surface area (Å²) in [6.45, 7) is 8.74. The van der Waals surface area contributed by atoms with Crippen molar-refractivity contribution in [1.82, 2.24) is 15.1 Å². The fourth-order valence-electron chi connectivity index (χ4n) is 2.47. The van der Waals surface area contributed by atoms with Crippen molar-refractivity contribution < 1.29 is 4.74 Å². The molecule has 0 N–H and O–H groups in total. The third kappa shape index (κ3) is 4.16. The first-order chi connectivity index (χ1) is 10.3. The van der Waals surface area contributed by atoms with Crippen LogP contribution in [0.1, 0.15) is 30.7 Å². The molecule has 2 rings (SSSR count). The molecule has 1 fully saturated rings. The van der Waals surface area contributed by atoms with E-state index in [0.717, 1.165) is 73.3 Å². The zero-order valence-corrected chi connectivity index (χ0v) is 13.6. The fourth-order valence-corrected chi connectivity index (χ4v) is 3.42. The molecular formula is C15H22N4OS. The summed E-state index contributed by atoms with van der Waals surface area (Å²) >= 11 is 1.64. The molecule has 0 amide bonds. The van der Waals surface area contributed by atoms with E-state index in [1.165, 1.54) is 0 Å². The number of rotatable bonds is 6. The van der Waals surface area contributed by atoms with Crippen LogP contribution < -0.4 is 0 Å². The van der Waals surface area contributed by atoms with E-state index in [-0.39, 0.29) is 0 Å². The molecule has 114 valence electrons. The van der Waals surface area contributed by atoms with Crippen LogP contribution >= 0.6 is 11.8 Å². The first-order valence-corrected chi connectivity index (χ1v) is 8.50. The molecule has 21 heavy (non-hydrogen) atoms. The summed E-state index contributed by atoms with van der Waals surface area (Å²) in [4.78, 5) is 2.39. The van der Waals surface area contributed by atoms with Crippen molar-refractivity contribution in [3.63, 3.8) is 0 Å². The number of hydrogen-bond donors (Lipinski definition) is 0. The van der Waals surface area contributed by atoms with Crippen LogP contribution in [0.5, 0.6) is 0 Å². The molecule has 0 atom stereocenters. The van der Waals surface area contributed by atoms with Gasteiger partial charge in [-0.1, -0.05) is 13.8 Å². The number of hydrogen-bond acceptors (Lipinski definition) is 6. The van der Waals surface area contributed by atoms with Crippen LogP contribution in [-0.2, 0) is 17.6 Å². The Labute approximate surface area is 130 Å². The largest absolute Gasteiger partial charge is 0.379 e. The van der Waals surface area contributed by atoms with Crippen LogP contribution in [-0.4, -0.2) is 53.7 Å². The zero-order valence-electron chi connectivity index (χ0n) is 12.8. The first-order valence-electron chi connectivity index (χ1n) is 7.51. The molecule has 2 heterocycles. The highest BCUT2D eigenvalue weighted by Gasteiger charge is 2.15. The molecular weight excluding hydrogens is 284 g/mol. The lowest BCUT2D eigenvalue weighted by Crippen LogP contribution is -2.37. The summed E-state index contributed by atoms with van der Waals surface area (Å²) < 4.78 is 5.34. The van der Waals surface area contributed by atoms with E-state index in [0.29, 0.717) is 0 Å². The number of aromatic nitrogens is 2. The second-order valence-corrected chi connectivity index (χ2v) is 6.01. The van der Waals surface area contributed by atoms with Gasteiger partial charge < -0.3 is 4.74 Å². The van der Waals surface area contributed by atoms with Crippen LogP contribution in [0.2, 0.25) is 0 Å². The second-order valence-electron chi connectivity index (χ2n) is 4.93. The molecule has 0 aliphatic carbocycles. The number of nitrogens with zero attached hydrogens (tertiary/aromatic N) is 4. The van der Waals surface area contributed by atoms with Gasteiger partial charge in [0.05, 0.1) is 24.5 Å². The Morgan fingerprint density at radius 2 is 2.00 bits per heavy atom. The molecule has 1 aliphatic heterocycles. The van der Waals surface area contributed by atoms with Crippen molar-refractivity contribution >= 4 is 11.8 Å². The lowest BCUT2D eigenvalue weighted by molar-refractivity contribution is 0.0410. The summed E-state index contributed by atoms with van der Waals surface area (Å²) in [5.74, 6) is 0.929. The number of nitriles is 1. The molecule has 5 nitrogen and oxygen atoms in total. The molecule has 0 bridgehead atoms. The maximum Gasteiger partial charge on any atom is 0.137 e. The third-order valence-corrected chi connectivity index (χ3v) is 4.62. The van der Waals surface area contributed by atoms with Crippen LogP contribution in [0.25, 0.3) is 0 Å². The van der Waals surface area contributed by atoms with E-state index in [1.54, 1.807) is 11.8 Å². The van der Waals surface area contributed by atoms with Gasteiger partial charge in [-0.05, 0) is 18.4 Å². The Kier molecular flexibility index (Phi) is 6.43. The van der Waals surface area contributed by atoms with Gasteiger partial charge in [0.2, 0.25) is 0 Å². The van der Waals surface area contributed by atoms with Gasteiger partial charge in [0.25, 0.3) is 0 Å². The molecule has 0 spiro atoms. The molecule has 1 aliphatic rings. The minimum absolute atomic E-state index is 0.719. The number of thioether (sulfide) groups is 1. The summed E-state index contributed by atoms with van der Waals surface area (Å²) in [6.07, 6.45) is 1.65. The summed E-state index contributed by atoms with van der Waals surface area (Å²) in [7, 11) is 0. The molecule has 1 saturated heterocycles. The van der Waals surface area contributed by atoms with Gasteiger partial charge in [-0.15, -0.1) is 16.9 Å². The van der Waals surface area contributed by atoms with Crippen LogP contribution in [0, 0.1) is 11.3 Å². The maximum atomic E-state index is 9.44. The van der Waals surface area contributed by atoms with E-state index >= 15 is 0 Å². The van der Waals surface area contributed by atoms with E-state index in [4.69, 9.17) is 4.74 Å². The smallest absolute Gasteiger partial charge is 0.137 e. The first kappa shape index (κ1) is 16.2. The Balaban J connectivity index is 2.00. The topological polar surface area (TPSA) is 62.0 Å². The minimum atomic E-state index is 0.719. The Morgan fingerprint density at radius 3 is 2.62 bits per heavy atom. The highest BCUT2D eigenvalue weighted by atomic mass is 32.2. The van der Waals surface area contributed by atoms with Crippen LogP contribution in [0.3, 0.4) is 0 Å². The summed E-state index contributed by atoms with van der Waals surface area (Å²) in [5.41, 5.74) is 2.73. The van der Waals surface area contributed by atoms with Crippen molar-refractivity contribution in [3.8, 4) is 6.07 Å². The SMILES string of the molecule is CCc1nnc(SCCN2CCOCC2)c(C#N)c1CC. The van der Waals surface area contributed by atoms with Crippen molar-refractivity contribution in [3.05, 3.63) is 16.8 Å². The predicted octanol–water partition coefficient (Wildman–Crippen LogP) is 1.90. The van der Waals surface area contributed by atoms with Gasteiger partial charge >= 0.3 is 0 Å². The van der Waals surface area contributed by atoms with Crippen molar-refractivity contribution in [2.75, 3.05) is 38.6 Å². The molecule has 0 saturated carbocycles. The van der Waals surface area contributed by atoms with Gasteiger partial charge in [-0.3, -0.25) is 4.90 Å². The molecule has 0 aromatic carbocycles. The fraction of sp³-hybridized carbons (Fsp3) is 0.667. The highest BCUT2D eigenvalue weighted by molar-refractivity contribution is 7.99. The normalized spacial score (nSPS) is 15.9. The standard InChI is InChI=1S/C15H22N4OS/c1-3-12-13(11-16)15(18-17-14(12)4-2)21-10-7-19-5-8-20-9-6-19/h3-10H2,1-2H3. The zero-order chi connectivity index (χ0) is 15.1. The molecule has 0 unspecified atom stereocenters. The van der Waals surface area contributed by atoms with Gasteiger partial charge in [0.1, 0.15) is 11.1 Å². The lowest BCUT2D eigenvalue weighted by atomic mass is 10.1. The second kappa shape index (κ2) is 8.32. The van der Waals surface area contributed by atoms with Crippen molar-refractivity contribution in [2.45, 2.75) is 31.7 Å². The summed E-state index contributed by atoms with van der Waals surface area (Å²) in [6, 6.07) is 2.32. The Hall–Kier alpha value is -1.16. The lowest BCUT2D eigenvalue weighted by Gasteiger charge is -2.26. The number of ether oxygens (including phenoxy) is 1. The number of aryl methyl sites for hydroxylation is 1. The third-order valence-electron chi connectivity index (χ3n) is 3.68. The van der Waals surface area contributed by atoms with Gasteiger partial charge in [0.15, 0.2) is 0 Å². The highest BCUT2D eigenvalue weighted by Crippen LogP contribution is 2.24. The Morgan fingerprint density at radius 1 is 1.24 bits per heavy atom. The van der Waals surface area contributed by atoms with E-state index in [2.05, 4.69) is 35.0 Å². The maximum absolute atomic E-state index is 9.44. The van der Waals surface area contributed by atoms with E-state index in [9.17, 15) is 5.26 Å². The monoisotopic (exact) mass is 306 g/mol. The summed E-state index contributed by atoms with van der Waals surface area (Å²) in [5, 5.41) is 18.8. The molecule has 0 radical (unpaired) electrons. The quantitative estimate of drug-likeness (QED) is 0.748. The van der Waals surface area contributed by atoms with E-state index < -0.39 is 0 Å². The average Bonchev–Trinajstić information content (AvgIpc) is 2.55. The average molecular weight is 306 g/mol. The predicted molar refractivity (Wildman–Crippen MR) is 83.5 cm³/mol. The van der Waals surface area contributed by atoms with Crippen molar-refractivity contribution in [2.24, 2.45) is 0 Å². The molecule has 1 aromatic heterocycles. The molecule has 6 heteroatoms.